The van der Waals surface area contributed by atoms with Crippen molar-refractivity contribution in [2.45, 2.75) is 58.0 Å². The van der Waals surface area contributed by atoms with Gasteiger partial charge in [0.05, 0.1) is 0 Å². The van der Waals surface area contributed by atoms with Crippen molar-refractivity contribution >= 4 is 0 Å². The predicted octanol–water partition coefficient (Wildman–Crippen LogP) is 2.12. The van der Waals surface area contributed by atoms with E-state index in [-0.39, 0.29) is 49.4 Å². The van der Waals surface area contributed by atoms with Gasteiger partial charge in [-0.25, -0.2) is 39.2 Å². The van der Waals surface area contributed by atoms with Crippen molar-refractivity contribution in [3.8, 4) is 0 Å². The van der Waals surface area contributed by atoms with Crippen LogP contribution in [0.2, 0.25) is 0 Å². The molecule has 0 spiro atoms. The Labute approximate surface area is 140 Å². The maximum absolute atomic E-state index is 4.75. The fourth-order valence-electron chi connectivity index (χ4n) is 1.88. The number of rotatable bonds is 0. The van der Waals surface area contributed by atoms with Gasteiger partial charge in [0.25, 0.3) is 0 Å². The van der Waals surface area contributed by atoms with Gasteiger partial charge in [0, 0.05) is 0 Å². The maximum Gasteiger partial charge on any atom is 2.00 e. The van der Waals surface area contributed by atoms with Crippen LogP contribution < -0.4 is 18.9 Å². The third-order valence-corrected chi connectivity index (χ3v) is 2.18. The number of hydrogen-bond acceptors (Lipinski definition) is 0. The molecule has 0 aliphatic carbocycles. The van der Waals surface area contributed by atoms with Crippen molar-refractivity contribution in [3.05, 3.63) is 44.5 Å². The predicted molar refractivity (Wildman–Crippen MR) is 76.5 cm³/mol. The summed E-state index contributed by atoms with van der Waals surface area (Å²) in [6.07, 6.45) is 6.86. The molecular formula is C15H28LiNZn. The van der Waals surface area contributed by atoms with Gasteiger partial charge in [0.2, 0.25) is 0 Å². The quantitative estimate of drug-likeness (QED) is 0.480. The Morgan fingerprint density at radius 2 is 1.17 bits per heavy atom. The molecule has 1 aliphatic heterocycles. The van der Waals surface area contributed by atoms with E-state index in [9.17, 15) is 0 Å². The average molecular weight is 295 g/mol. The summed E-state index contributed by atoms with van der Waals surface area (Å²) < 4.78 is 0. The minimum Gasteiger partial charge on any atom is -0.652 e. The van der Waals surface area contributed by atoms with Crippen LogP contribution in [0.1, 0.15) is 47.0 Å². The van der Waals surface area contributed by atoms with E-state index in [1.54, 1.807) is 0 Å². The Hall–Kier alpha value is 0.401. The molecule has 0 aromatic carbocycles. The normalized spacial score (nSPS) is 18.0. The van der Waals surface area contributed by atoms with Gasteiger partial charge >= 0.3 is 38.3 Å². The number of hydrogen-bond donors (Lipinski definition) is 0. The molecule has 1 fully saturated rings. The molecule has 0 aromatic heterocycles. The summed E-state index contributed by atoms with van der Waals surface area (Å²) in [6.45, 7) is 21.9. The minimum atomic E-state index is 0. The van der Waals surface area contributed by atoms with Crippen molar-refractivity contribution < 1.29 is 38.3 Å². The molecule has 1 nitrogen and oxygen atoms in total. The molecule has 0 radical (unpaired) electrons. The second kappa shape index (κ2) is 13.8. The van der Waals surface area contributed by atoms with E-state index in [4.69, 9.17) is 5.32 Å². The van der Waals surface area contributed by atoms with Gasteiger partial charge in [-0.15, -0.1) is 11.1 Å². The molecule has 0 saturated carbocycles. The molecule has 0 aromatic rings. The smallest absolute Gasteiger partial charge is 0.652 e. The van der Waals surface area contributed by atoms with Gasteiger partial charge in [0.15, 0.2) is 0 Å². The molecule has 0 N–H and O–H groups in total. The van der Waals surface area contributed by atoms with E-state index in [1.165, 1.54) is 31.4 Å². The summed E-state index contributed by atoms with van der Waals surface area (Å²) >= 11 is 0. The average Bonchev–Trinajstić information content (AvgIpc) is 2.01. The first-order valence-electron chi connectivity index (χ1n) is 5.79. The third-order valence-electron chi connectivity index (χ3n) is 2.18. The van der Waals surface area contributed by atoms with Crippen LogP contribution in [0, 0.1) is 13.8 Å². The summed E-state index contributed by atoms with van der Waals surface area (Å²) in [7, 11) is 0. The second-order valence-electron chi connectivity index (χ2n) is 5.17. The molecule has 1 aliphatic rings. The van der Waals surface area contributed by atoms with E-state index in [0.717, 1.165) is 0 Å². The molecule has 0 atom stereocenters. The largest absolute Gasteiger partial charge is 2.00 e. The van der Waals surface area contributed by atoms with Crippen LogP contribution in [-0.4, -0.2) is 11.1 Å². The maximum atomic E-state index is 4.75. The Kier molecular flexibility index (Phi) is 20.6. The van der Waals surface area contributed by atoms with Gasteiger partial charge in [-0.2, -0.15) is 0 Å². The molecule has 0 unspecified atom stereocenters. The van der Waals surface area contributed by atoms with Crippen LogP contribution in [-0.2, 0) is 19.5 Å². The monoisotopic (exact) mass is 293 g/mol. The molecule has 1 heterocycles. The molecule has 1 rings (SSSR count). The molecule has 96 valence electrons. The fourth-order valence-corrected chi connectivity index (χ4v) is 1.88. The molecule has 0 bridgehead atoms. The van der Waals surface area contributed by atoms with Gasteiger partial charge in [0.1, 0.15) is 0 Å². The van der Waals surface area contributed by atoms with Crippen LogP contribution in [0.15, 0.2) is 25.3 Å². The third kappa shape index (κ3) is 18.8. The van der Waals surface area contributed by atoms with Gasteiger partial charge in [-0.1, -0.05) is 47.0 Å². The first kappa shape index (κ1) is 26.9. The zero-order chi connectivity index (χ0) is 13.2. The number of nitrogens with zero attached hydrogens (tertiary/aromatic N) is 1. The Bertz CT molecular complexity index is 181. The summed E-state index contributed by atoms with van der Waals surface area (Å²) in [5.41, 5.74) is 0.476. The van der Waals surface area contributed by atoms with Crippen LogP contribution in [0.3, 0.4) is 0 Å². The van der Waals surface area contributed by atoms with Crippen LogP contribution in [0.5, 0.6) is 0 Å². The van der Waals surface area contributed by atoms with Crippen molar-refractivity contribution in [1.82, 2.24) is 0 Å². The standard InChI is InChI=1S/C9H18N.2C3H5.Li.Zn/c1-8(2)6-5-7-9(3,4)10-8;2*1-3-2;;/h5-7H2,1-4H3;2*3H,1-2H2;;/q3*-1;+1;+2. The first-order valence-corrected chi connectivity index (χ1v) is 5.79. The molecule has 0 amide bonds. The zero-order valence-corrected chi connectivity index (χ0v) is 16.2. The van der Waals surface area contributed by atoms with E-state index in [0.29, 0.717) is 0 Å². The first-order chi connectivity index (χ1) is 7.24. The van der Waals surface area contributed by atoms with Crippen LogP contribution >= 0.6 is 0 Å². The van der Waals surface area contributed by atoms with E-state index >= 15 is 0 Å². The minimum absolute atomic E-state index is 0. The topological polar surface area (TPSA) is 14.1 Å². The van der Waals surface area contributed by atoms with Crippen LogP contribution in [0.4, 0.5) is 0 Å². The Balaban J connectivity index is -0.000000106. The van der Waals surface area contributed by atoms with Crippen molar-refractivity contribution in [1.29, 1.82) is 0 Å². The van der Waals surface area contributed by atoms with Gasteiger partial charge in [-0.3, -0.25) is 0 Å². The molecule has 18 heavy (non-hydrogen) atoms. The van der Waals surface area contributed by atoms with E-state index in [2.05, 4.69) is 54.7 Å². The van der Waals surface area contributed by atoms with Crippen molar-refractivity contribution in [3.63, 3.8) is 0 Å². The van der Waals surface area contributed by atoms with Crippen molar-refractivity contribution in [2.75, 3.05) is 0 Å². The summed E-state index contributed by atoms with van der Waals surface area (Å²) in [5, 5.41) is 4.75. The van der Waals surface area contributed by atoms with Gasteiger partial charge in [-0.05, 0) is 0 Å². The summed E-state index contributed by atoms with van der Waals surface area (Å²) in [5.74, 6) is 0. The van der Waals surface area contributed by atoms with E-state index in [1.807, 2.05) is 0 Å². The van der Waals surface area contributed by atoms with E-state index < -0.39 is 0 Å². The molecular weight excluding hydrogens is 267 g/mol. The van der Waals surface area contributed by atoms with Crippen molar-refractivity contribution in [2.24, 2.45) is 0 Å². The molecule has 3 heteroatoms. The fraction of sp³-hybridized carbons (Fsp3) is 0.600. The Morgan fingerprint density at radius 1 is 0.944 bits per heavy atom. The van der Waals surface area contributed by atoms with Crippen LogP contribution in [0.25, 0.3) is 5.32 Å². The summed E-state index contributed by atoms with van der Waals surface area (Å²) in [4.78, 5) is 0. The van der Waals surface area contributed by atoms with Gasteiger partial charge < -0.3 is 5.32 Å². The summed E-state index contributed by atoms with van der Waals surface area (Å²) in [6, 6.07) is 0. The Morgan fingerprint density at radius 3 is 1.28 bits per heavy atom. The zero-order valence-electron chi connectivity index (χ0n) is 13.3. The number of piperidine rings is 1. The molecule has 1 saturated heterocycles. The SMILES string of the molecule is C=C[CH2-].C=C[CH2-].CC1(C)CCCC(C)(C)[N-]1.[Li+].[Zn+2]. The second-order valence-corrected chi connectivity index (χ2v) is 5.17. The number of allylic oxidation sites excluding steroid dienone is 2.